The molecule has 1 fully saturated rings. The van der Waals surface area contributed by atoms with Gasteiger partial charge in [0.15, 0.2) is 5.96 Å². The molecule has 110 valence electrons. The predicted octanol–water partition coefficient (Wildman–Crippen LogP) is 1.91. The minimum Gasteiger partial charge on any atom is -0.370 e. The Morgan fingerprint density at radius 3 is 2.53 bits per heavy atom. The van der Waals surface area contributed by atoms with Crippen LogP contribution in [0.2, 0.25) is 0 Å². The third-order valence-electron chi connectivity index (χ3n) is 5.12. The summed E-state index contributed by atoms with van der Waals surface area (Å²) in [6, 6.07) is 0. The van der Waals surface area contributed by atoms with E-state index in [0.29, 0.717) is 0 Å². The van der Waals surface area contributed by atoms with E-state index in [4.69, 9.17) is 5.73 Å². The fourth-order valence-electron chi connectivity index (χ4n) is 3.50. The summed E-state index contributed by atoms with van der Waals surface area (Å²) in [5, 5.41) is 0. The maximum atomic E-state index is 6.15. The first-order valence-electron chi connectivity index (χ1n) is 7.91. The molecule has 0 radical (unpaired) electrons. The minimum atomic E-state index is 0.254. The van der Waals surface area contributed by atoms with Crippen LogP contribution in [0, 0.1) is 5.92 Å². The lowest BCUT2D eigenvalue weighted by Crippen LogP contribution is -2.55. The van der Waals surface area contributed by atoms with E-state index in [2.05, 4.69) is 35.6 Å². The number of aliphatic imine (C=N–C) groups is 1. The number of rotatable bonds is 5. The third-order valence-corrected chi connectivity index (χ3v) is 5.12. The third kappa shape index (κ3) is 3.04. The van der Waals surface area contributed by atoms with Gasteiger partial charge in [-0.1, -0.05) is 20.8 Å². The summed E-state index contributed by atoms with van der Waals surface area (Å²) >= 11 is 0. The molecule has 1 saturated carbocycles. The molecule has 19 heavy (non-hydrogen) atoms. The van der Waals surface area contributed by atoms with E-state index < -0.39 is 0 Å². The molecule has 1 heterocycles. The monoisotopic (exact) mass is 266 g/mol. The van der Waals surface area contributed by atoms with Gasteiger partial charge in [-0.05, 0) is 44.7 Å². The first kappa shape index (κ1) is 14.6. The van der Waals surface area contributed by atoms with Crippen molar-refractivity contribution >= 4 is 5.96 Å². The first-order valence-corrected chi connectivity index (χ1v) is 7.91. The molecular formula is C15H30N4. The van der Waals surface area contributed by atoms with Crippen LogP contribution in [-0.2, 0) is 0 Å². The molecule has 0 atom stereocenters. The van der Waals surface area contributed by atoms with E-state index in [9.17, 15) is 0 Å². The maximum Gasteiger partial charge on any atom is 0.191 e. The van der Waals surface area contributed by atoms with Crippen LogP contribution in [0.1, 0.15) is 46.5 Å². The van der Waals surface area contributed by atoms with Crippen LogP contribution in [0.15, 0.2) is 4.99 Å². The molecule has 4 heteroatoms. The Morgan fingerprint density at radius 1 is 1.32 bits per heavy atom. The number of hydrogen-bond acceptors (Lipinski definition) is 4. The largest absolute Gasteiger partial charge is 0.370 e. The van der Waals surface area contributed by atoms with Gasteiger partial charge in [-0.25, -0.2) is 0 Å². The Kier molecular flexibility index (Phi) is 4.71. The highest BCUT2D eigenvalue weighted by atomic mass is 15.4. The van der Waals surface area contributed by atoms with Crippen LogP contribution in [0.5, 0.6) is 0 Å². The second-order valence-corrected chi connectivity index (χ2v) is 6.26. The van der Waals surface area contributed by atoms with Crippen molar-refractivity contribution in [1.82, 2.24) is 9.80 Å². The van der Waals surface area contributed by atoms with E-state index in [0.717, 1.165) is 44.6 Å². The van der Waals surface area contributed by atoms with Gasteiger partial charge < -0.3 is 15.5 Å². The molecule has 0 aromatic carbocycles. The van der Waals surface area contributed by atoms with Gasteiger partial charge in [0.25, 0.3) is 0 Å². The summed E-state index contributed by atoms with van der Waals surface area (Å²) in [5.41, 5.74) is 6.40. The summed E-state index contributed by atoms with van der Waals surface area (Å²) in [6.45, 7) is 12.1. The summed E-state index contributed by atoms with van der Waals surface area (Å²) in [7, 11) is 0. The highest BCUT2D eigenvalue weighted by molar-refractivity contribution is 5.81. The summed E-state index contributed by atoms with van der Waals surface area (Å²) < 4.78 is 0. The molecule has 0 aromatic rings. The normalized spacial score (nSPS) is 31.3. The molecule has 4 nitrogen and oxygen atoms in total. The number of hydrogen-bond donors (Lipinski definition) is 1. The average Bonchev–Trinajstić information content (AvgIpc) is 2.72. The minimum absolute atomic E-state index is 0.254. The van der Waals surface area contributed by atoms with Crippen molar-refractivity contribution in [3.05, 3.63) is 0 Å². The van der Waals surface area contributed by atoms with Gasteiger partial charge in [0, 0.05) is 13.1 Å². The molecule has 2 aliphatic rings. The van der Waals surface area contributed by atoms with Gasteiger partial charge in [-0.3, -0.25) is 4.99 Å². The van der Waals surface area contributed by atoms with Gasteiger partial charge in [-0.2, -0.15) is 0 Å². The smallest absolute Gasteiger partial charge is 0.191 e. The zero-order valence-corrected chi connectivity index (χ0v) is 12.9. The molecule has 1 aliphatic heterocycles. The van der Waals surface area contributed by atoms with Crippen molar-refractivity contribution in [1.29, 1.82) is 0 Å². The van der Waals surface area contributed by atoms with Crippen molar-refractivity contribution in [3.63, 3.8) is 0 Å². The molecule has 0 aromatic heterocycles. The van der Waals surface area contributed by atoms with Crippen molar-refractivity contribution in [3.8, 4) is 0 Å². The second kappa shape index (κ2) is 6.12. The van der Waals surface area contributed by atoms with Crippen molar-refractivity contribution in [2.24, 2.45) is 16.6 Å². The fourth-order valence-corrected chi connectivity index (χ4v) is 3.50. The molecule has 0 saturated heterocycles. The summed E-state index contributed by atoms with van der Waals surface area (Å²) in [5.74, 6) is 1.65. The maximum absolute atomic E-state index is 6.15. The van der Waals surface area contributed by atoms with E-state index in [-0.39, 0.29) is 5.54 Å². The summed E-state index contributed by atoms with van der Waals surface area (Å²) in [6.07, 6.45) is 5.17. The summed E-state index contributed by atoms with van der Waals surface area (Å²) in [4.78, 5) is 9.43. The Bertz CT molecular complexity index is 314. The molecule has 0 amide bonds. The lowest BCUT2D eigenvalue weighted by molar-refractivity contribution is 0.110. The predicted molar refractivity (Wildman–Crippen MR) is 81.3 cm³/mol. The van der Waals surface area contributed by atoms with Crippen molar-refractivity contribution < 1.29 is 0 Å². The quantitative estimate of drug-likeness (QED) is 0.827. The van der Waals surface area contributed by atoms with Crippen LogP contribution < -0.4 is 5.73 Å². The lowest BCUT2D eigenvalue weighted by atomic mass is 9.76. The lowest BCUT2D eigenvalue weighted by Gasteiger charge is -2.44. The SMILES string of the molecule is CCN(CC)CCN1C(N)=NCC12CCC(C)CC2. The number of nitrogens with two attached hydrogens (primary N) is 1. The zero-order chi connectivity index (χ0) is 13.9. The second-order valence-electron chi connectivity index (χ2n) is 6.26. The van der Waals surface area contributed by atoms with Crippen molar-refractivity contribution in [2.75, 3.05) is 32.7 Å². The number of likely N-dealkylation sites (N-methyl/N-ethyl adjacent to an activating group) is 1. The number of nitrogens with zero attached hydrogens (tertiary/aromatic N) is 3. The van der Waals surface area contributed by atoms with Gasteiger partial charge in [-0.15, -0.1) is 0 Å². The number of guanidine groups is 1. The molecule has 0 bridgehead atoms. The van der Waals surface area contributed by atoms with Gasteiger partial charge in [0.05, 0.1) is 12.1 Å². The van der Waals surface area contributed by atoms with E-state index in [1.165, 1.54) is 25.7 Å². The molecule has 1 aliphatic carbocycles. The first-order chi connectivity index (χ1) is 9.11. The molecule has 1 spiro atoms. The molecular weight excluding hydrogens is 236 g/mol. The highest BCUT2D eigenvalue weighted by Gasteiger charge is 2.43. The highest BCUT2D eigenvalue weighted by Crippen LogP contribution is 2.38. The Morgan fingerprint density at radius 2 is 1.95 bits per heavy atom. The van der Waals surface area contributed by atoms with Crippen LogP contribution in [0.25, 0.3) is 0 Å². The molecule has 2 rings (SSSR count). The average molecular weight is 266 g/mol. The van der Waals surface area contributed by atoms with Crippen LogP contribution in [-0.4, -0.2) is 54.0 Å². The Labute approximate surface area is 118 Å². The Hall–Kier alpha value is -0.770. The van der Waals surface area contributed by atoms with Crippen LogP contribution >= 0.6 is 0 Å². The van der Waals surface area contributed by atoms with Crippen molar-refractivity contribution in [2.45, 2.75) is 52.0 Å². The Balaban J connectivity index is 1.97. The van der Waals surface area contributed by atoms with Crippen LogP contribution in [0.3, 0.4) is 0 Å². The fraction of sp³-hybridized carbons (Fsp3) is 0.933. The zero-order valence-electron chi connectivity index (χ0n) is 12.9. The molecule has 2 N–H and O–H groups in total. The topological polar surface area (TPSA) is 44.9 Å². The van der Waals surface area contributed by atoms with E-state index in [1.807, 2.05) is 0 Å². The van der Waals surface area contributed by atoms with Gasteiger partial charge in [0.2, 0.25) is 0 Å². The molecule has 0 unspecified atom stereocenters. The standard InChI is InChI=1S/C15H30N4/c1-4-18(5-2)10-11-19-14(16)17-12-15(19)8-6-13(3)7-9-15/h13H,4-12H2,1-3H3,(H2,16,17). The van der Waals surface area contributed by atoms with E-state index in [1.54, 1.807) is 0 Å². The van der Waals surface area contributed by atoms with Crippen LogP contribution in [0.4, 0.5) is 0 Å². The van der Waals surface area contributed by atoms with Gasteiger partial charge >= 0.3 is 0 Å². The van der Waals surface area contributed by atoms with Gasteiger partial charge in [0.1, 0.15) is 0 Å². The van der Waals surface area contributed by atoms with E-state index >= 15 is 0 Å².